The van der Waals surface area contributed by atoms with E-state index >= 15 is 0 Å². The van der Waals surface area contributed by atoms with Crippen molar-refractivity contribution >= 4 is 0 Å². The molecule has 0 aromatic carbocycles. The molecule has 1 unspecified atom stereocenters. The molecule has 0 aliphatic carbocycles. The number of alkyl halides is 3. The number of rotatable bonds is 4. The van der Waals surface area contributed by atoms with Crippen molar-refractivity contribution < 1.29 is 18.3 Å². The van der Waals surface area contributed by atoms with Gasteiger partial charge in [0.25, 0.3) is 0 Å². The molecule has 16 heavy (non-hydrogen) atoms. The Labute approximate surface area is 90.3 Å². The molecule has 1 heterocycles. The largest absolute Gasteiger partial charge is 0.451 e. The molecule has 0 spiro atoms. The molecule has 1 atom stereocenters. The fraction of sp³-hybridized carbons (Fsp3) is 0.556. The van der Waals surface area contributed by atoms with Crippen LogP contribution in [0.1, 0.15) is 30.3 Å². The topological polar surface area (TPSA) is 72.0 Å². The lowest BCUT2D eigenvalue weighted by Gasteiger charge is -2.10. The van der Waals surface area contributed by atoms with Gasteiger partial charge in [-0.05, 0) is 19.4 Å². The van der Waals surface area contributed by atoms with E-state index in [1.807, 2.05) is 0 Å². The summed E-state index contributed by atoms with van der Waals surface area (Å²) >= 11 is 0. The second-order valence-corrected chi connectivity index (χ2v) is 3.28. The molecule has 0 bridgehead atoms. The van der Waals surface area contributed by atoms with E-state index in [0.29, 0.717) is 19.4 Å². The molecule has 0 amide bonds. The highest BCUT2D eigenvalue weighted by atomic mass is 19.4. The van der Waals surface area contributed by atoms with Gasteiger partial charge in [-0.3, -0.25) is 0 Å². The minimum absolute atomic E-state index is 0.265. The average molecular weight is 235 g/mol. The van der Waals surface area contributed by atoms with Crippen LogP contribution in [0.5, 0.6) is 0 Å². The normalized spacial score (nSPS) is 13.8. The smallest absolute Gasteiger partial charge is 0.388 e. The van der Waals surface area contributed by atoms with E-state index in [1.54, 1.807) is 0 Å². The quantitative estimate of drug-likeness (QED) is 0.824. The third-order valence-corrected chi connectivity index (χ3v) is 1.99. The molecule has 0 radical (unpaired) electrons. The van der Waals surface area contributed by atoms with Crippen LogP contribution >= 0.6 is 0 Å². The molecular weight excluding hydrogens is 223 g/mol. The lowest BCUT2D eigenvalue weighted by Crippen LogP contribution is -2.12. The molecule has 90 valence electrons. The maximum atomic E-state index is 12.1. The summed E-state index contributed by atoms with van der Waals surface area (Å²) < 4.78 is 36.4. The molecule has 0 aliphatic rings. The molecule has 3 N–H and O–H groups in total. The number of nitrogens with zero attached hydrogens (tertiary/aromatic N) is 2. The minimum Gasteiger partial charge on any atom is -0.388 e. The predicted octanol–water partition coefficient (Wildman–Crippen LogP) is 1.27. The number of aliphatic hydroxyl groups excluding tert-OH is 1. The van der Waals surface area contributed by atoms with Crippen LogP contribution in [0.15, 0.2) is 12.4 Å². The van der Waals surface area contributed by atoms with Crippen molar-refractivity contribution in [3.05, 3.63) is 23.8 Å². The summed E-state index contributed by atoms with van der Waals surface area (Å²) in [6.45, 7) is 0.415. The van der Waals surface area contributed by atoms with Crippen LogP contribution in [0, 0.1) is 0 Å². The first-order valence-corrected chi connectivity index (χ1v) is 4.72. The molecule has 7 heteroatoms. The average Bonchev–Trinajstić information content (AvgIpc) is 2.25. The molecule has 1 rings (SSSR count). The van der Waals surface area contributed by atoms with Crippen molar-refractivity contribution in [1.29, 1.82) is 0 Å². The number of halogens is 3. The predicted molar refractivity (Wildman–Crippen MR) is 50.3 cm³/mol. The minimum atomic E-state index is -4.55. The van der Waals surface area contributed by atoms with Crippen LogP contribution in [-0.2, 0) is 6.18 Å². The summed E-state index contributed by atoms with van der Waals surface area (Å²) in [5, 5.41) is 9.53. The van der Waals surface area contributed by atoms with Crippen LogP contribution in [0.25, 0.3) is 0 Å². The first kappa shape index (κ1) is 12.9. The van der Waals surface area contributed by atoms with Gasteiger partial charge in [0.15, 0.2) is 0 Å². The van der Waals surface area contributed by atoms with E-state index in [2.05, 4.69) is 9.97 Å². The molecule has 0 fully saturated rings. The standard InChI is InChI=1S/C9H12F3N3O/c10-9(11,12)8-14-4-6(5-15-8)7(16)2-1-3-13/h4-5,7,16H,1-3,13H2. The van der Waals surface area contributed by atoms with E-state index < -0.39 is 18.1 Å². The van der Waals surface area contributed by atoms with Gasteiger partial charge in [0.2, 0.25) is 5.82 Å². The van der Waals surface area contributed by atoms with Crippen LogP contribution in [-0.4, -0.2) is 21.6 Å². The van der Waals surface area contributed by atoms with Gasteiger partial charge in [-0.2, -0.15) is 13.2 Å². The first-order valence-electron chi connectivity index (χ1n) is 4.72. The van der Waals surface area contributed by atoms with Crippen LogP contribution in [0.2, 0.25) is 0 Å². The molecule has 0 saturated heterocycles. The summed E-state index contributed by atoms with van der Waals surface area (Å²) in [4.78, 5) is 6.30. The van der Waals surface area contributed by atoms with E-state index in [9.17, 15) is 18.3 Å². The Bertz CT molecular complexity index is 326. The number of hydrogen-bond acceptors (Lipinski definition) is 4. The zero-order valence-corrected chi connectivity index (χ0v) is 8.41. The Morgan fingerprint density at radius 2 is 1.88 bits per heavy atom. The van der Waals surface area contributed by atoms with Gasteiger partial charge in [-0.25, -0.2) is 9.97 Å². The maximum Gasteiger partial charge on any atom is 0.451 e. The van der Waals surface area contributed by atoms with Gasteiger partial charge in [-0.1, -0.05) is 0 Å². The summed E-state index contributed by atoms with van der Waals surface area (Å²) in [5.41, 5.74) is 5.51. The SMILES string of the molecule is NCCCC(O)c1cnc(C(F)(F)F)nc1. The first-order chi connectivity index (χ1) is 7.45. The van der Waals surface area contributed by atoms with E-state index in [0.717, 1.165) is 12.4 Å². The van der Waals surface area contributed by atoms with Crippen LogP contribution in [0.4, 0.5) is 13.2 Å². The summed E-state index contributed by atoms with van der Waals surface area (Å²) in [7, 11) is 0. The van der Waals surface area contributed by atoms with E-state index in [1.165, 1.54) is 0 Å². The van der Waals surface area contributed by atoms with Gasteiger partial charge in [-0.15, -0.1) is 0 Å². The summed E-state index contributed by atoms with van der Waals surface area (Å²) in [5.74, 6) is -1.21. The van der Waals surface area contributed by atoms with Crippen LogP contribution < -0.4 is 5.73 Å². The summed E-state index contributed by atoms with van der Waals surface area (Å²) in [6.07, 6.45) is -2.49. The Kier molecular flexibility index (Phi) is 4.19. The van der Waals surface area contributed by atoms with E-state index in [4.69, 9.17) is 5.73 Å². The lowest BCUT2D eigenvalue weighted by molar-refractivity contribution is -0.145. The zero-order chi connectivity index (χ0) is 12.2. The Morgan fingerprint density at radius 1 is 1.31 bits per heavy atom. The van der Waals surface area contributed by atoms with Crippen molar-refractivity contribution in [3.8, 4) is 0 Å². The number of aliphatic hydroxyl groups is 1. The molecule has 0 saturated carbocycles. The van der Waals surface area contributed by atoms with Gasteiger partial charge >= 0.3 is 6.18 Å². The zero-order valence-electron chi connectivity index (χ0n) is 8.41. The molecule has 0 aliphatic heterocycles. The second-order valence-electron chi connectivity index (χ2n) is 3.28. The van der Waals surface area contributed by atoms with E-state index in [-0.39, 0.29) is 5.56 Å². The molecule has 1 aromatic heterocycles. The van der Waals surface area contributed by atoms with Gasteiger partial charge < -0.3 is 10.8 Å². The molecule has 1 aromatic rings. The second kappa shape index (κ2) is 5.22. The Balaban J connectivity index is 2.71. The number of aromatic nitrogens is 2. The van der Waals surface area contributed by atoms with Crippen molar-refractivity contribution in [3.63, 3.8) is 0 Å². The van der Waals surface area contributed by atoms with Crippen molar-refractivity contribution in [2.75, 3.05) is 6.54 Å². The number of hydrogen-bond donors (Lipinski definition) is 2. The third-order valence-electron chi connectivity index (χ3n) is 1.99. The highest BCUT2D eigenvalue weighted by Crippen LogP contribution is 2.26. The Morgan fingerprint density at radius 3 is 2.31 bits per heavy atom. The van der Waals surface area contributed by atoms with Crippen molar-refractivity contribution in [2.24, 2.45) is 5.73 Å². The van der Waals surface area contributed by atoms with Gasteiger partial charge in [0.05, 0.1) is 6.10 Å². The molecular formula is C9H12F3N3O. The van der Waals surface area contributed by atoms with Crippen molar-refractivity contribution in [2.45, 2.75) is 25.1 Å². The fourth-order valence-electron chi connectivity index (χ4n) is 1.13. The maximum absolute atomic E-state index is 12.1. The van der Waals surface area contributed by atoms with Crippen molar-refractivity contribution in [1.82, 2.24) is 9.97 Å². The van der Waals surface area contributed by atoms with Gasteiger partial charge in [0, 0.05) is 18.0 Å². The fourth-order valence-corrected chi connectivity index (χ4v) is 1.13. The third kappa shape index (κ3) is 3.42. The van der Waals surface area contributed by atoms with Crippen LogP contribution in [0.3, 0.4) is 0 Å². The monoisotopic (exact) mass is 235 g/mol. The molecule has 4 nitrogen and oxygen atoms in total. The lowest BCUT2D eigenvalue weighted by atomic mass is 10.1. The Hall–Kier alpha value is -1.21. The number of nitrogens with two attached hydrogens (primary N) is 1. The summed E-state index contributed by atoms with van der Waals surface area (Å²) in [6, 6.07) is 0. The highest BCUT2D eigenvalue weighted by molar-refractivity contribution is 5.09. The van der Waals surface area contributed by atoms with Gasteiger partial charge in [0.1, 0.15) is 0 Å². The highest BCUT2D eigenvalue weighted by Gasteiger charge is 2.34.